The van der Waals surface area contributed by atoms with Crippen molar-refractivity contribution in [1.29, 1.82) is 0 Å². The van der Waals surface area contributed by atoms with Gasteiger partial charge >= 0.3 is 0 Å². The lowest BCUT2D eigenvalue weighted by Crippen LogP contribution is -2.19. The highest BCUT2D eigenvalue weighted by molar-refractivity contribution is 8.45. The van der Waals surface area contributed by atoms with Crippen molar-refractivity contribution < 1.29 is 9.53 Å². The van der Waals surface area contributed by atoms with Gasteiger partial charge in [-0.3, -0.25) is 4.79 Å². The number of carbonyl (C=O) groups is 1. The fourth-order valence-electron chi connectivity index (χ4n) is 2.24. The summed E-state index contributed by atoms with van der Waals surface area (Å²) in [5.41, 5.74) is 1.52. The Kier molecular flexibility index (Phi) is 4.59. The summed E-state index contributed by atoms with van der Waals surface area (Å²) in [6, 6.07) is 7.90. The summed E-state index contributed by atoms with van der Waals surface area (Å²) in [7, 11) is 0. The smallest absolute Gasteiger partial charge is 0.244 e. The van der Waals surface area contributed by atoms with Crippen molar-refractivity contribution in [2.45, 2.75) is 13.8 Å². The number of aliphatic imine (C=N–C) groups is 1. The van der Waals surface area contributed by atoms with E-state index in [1.54, 1.807) is 17.8 Å². The van der Waals surface area contributed by atoms with Crippen LogP contribution in [0.4, 0.5) is 5.69 Å². The highest BCUT2D eigenvalue weighted by atomic mass is 32.2. The topological polar surface area (TPSA) is 41.9 Å². The monoisotopic (exact) mass is 332 g/mol. The Morgan fingerprint density at radius 2 is 2.14 bits per heavy atom. The maximum atomic E-state index is 11.9. The van der Waals surface area contributed by atoms with Gasteiger partial charge < -0.3 is 9.64 Å². The molecule has 0 bridgehead atoms. The molecule has 3 rings (SSSR count). The summed E-state index contributed by atoms with van der Waals surface area (Å²) in [5, 5.41) is -0.00800. The second-order valence-corrected chi connectivity index (χ2v) is 7.04. The van der Waals surface area contributed by atoms with Crippen LogP contribution >= 0.6 is 23.5 Å². The molecule has 0 amide bonds. The quantitative estimate of drug-likeness (QED) is 0.782. The van der Waals surface area contributed by atoms with Crippen molar-refractivity contribution in [3.63, 3.8) is 0 Å². The average Bonchev–Trinajstić information content (AvgIpc) is 3.05. The first-order chi connectivity index (χ1) is 10.7. The van der Waals surface area contributed by atoms with Crippen LogP contribution in [0.15, 0.2) is 53.0 Å². The molecule has 2 aliphatic rings. The number of ether oxygens (including phenoxy) is 1. The number of allylic oxidation sites excluding steroid dienone is 2. The Labute approximate surface area is 138 Å². The molecular formula is C16H16N2O2S2. The molecule has 1 aromatic rings. The van der Waals surface area contributed by atoms with Gasteiger partial charge in [0.2, 0.25) is 11.0 Å². The van der Waals surface area contributed by atoms with Gasteiger partial charge in [-0.2, -0.15) is 0 Å². The highest BCUT2D eigenvalue weighted by Crippen LogP contribution is 2.38. The minimum atomic E-state index is -0.00800. The molecule has 0 saturated heterocycles. The van der Waals surface area contributed by atoms with Crippen LogP contribution < -0.4 is 9.64 Å². The normalized spacial score (nSPS) is 20.5. The fourth-order valence-corrected chi connectivity index (χ4v) is 3.99. The molecule has 0 N–H and O–H groups in total. The van der Waals surface area contributed by atoms with Gasteiger partial charge in [0.15, 0.2) is 5.75 Å². The predicted molar refractivity (Wildman–Crippen MR) is 94.4 cm³/mol. The van der Waals surface area contributed by atoms with Gasteiger partial charge in [-0.25, -0.2) is 4.99 Å². The predicted octanol–water partition coefficient (Wildman–Crippen LogP) is 4.01. The molecule has 0 spiro atoms. The minimum Gasteiger partial charge on any atom is -0.439 e. The first kappa shape index (κ1) is 15.2. The van der Waals surface area contributed by atoms with Crippen molar-refractivity contribution in [1.82, 2.24) is 0 Å². The zero-order valence-electron chi connectivity index (χ0n) is 12.4. The van der Waals surface area contributed by atoms with E-state index >= 15 is 0 Å². The molecule has 4 nitrogen and oxygen atoms in total. The van der Waals surface area contributed by atoms with E-state index in [9.17, 15) is 4.79 Å². The van der Waals surface area contributed by atoms with Crippen molar-refractivity contribution in [3.8, 4) is 5.75 Å². The molecule has 2 aliphatic heterocycles. The summed E-state index contributed by atoms with van der Waals surface area (Å²) in [5.74, 6) is 2.47. The number of rotatable bonds is 3. The maximum absolute atomic E-state index is 11.9. The molecule has 0 radical (unpaired) electrons. The fraction of sp³-hybridized carbons (Fsp3) is 0.250. The van der Waals surface area contributed by atoms with Crippen LogP contribution in [0.25, 0.3) is 0 Å². The van der Waals surface area contributed by atoms with Crippen LogP contribution in [0.2, 0.25) is 0 Å². The largest absolute Gasteiger partial charge is 0.439 e. The van der Waals surface area contributed by atoms with Gasteiger partial charge in [0.1, 0.15) is 10.1 Å². The Morgan fingerprint density at radius 3 is 2.91 bits per heavy atom. The SMILES string of the molecule is CCSC1=N/C(=C/C=C2/Oc3ccccc3N2CC)C(=O)S1. The number of carbonyl (C=O) groups excluding carboxylic acids is 1. The third-order valence-electron chi connectivity index (χ3n) is 3.21. The molecule has 0 aromatic heterocycles. The van der Waals surface area contributed by atoms with Gasteiger partial charge in [0, 0.05) is 12.6 Å². The Bertz CT molecular complexity index is 695. The molecule has 0 aliphatic carbocycles. The van der Waals surface area contributed by atoms with Gasteiger partial charge in [-0.15, -0.1) is 0 Å². The minimum absolute atomic E-state index is 0.00800. The molecule has 1 aromatic carbocycles. The molecule has 2 heterocycles. The summed E-state index contributed by atoms with van der Waals surface area (Å²) in [4.78, 5) is 18.3. The first-order valence-electron chi connectivity index (χ1n) is 7.13. The van der Waals surface area contributed by atoms with E-state index in [4.69, 9.17) is 4.74 Å². The average molecular weight is 332 g/mol. The molecule has 6 heteroatoms. The van der Waals surface area contributed by atoms with E-state index < -0.39 is 0 Å². The number of nitrogens with zero attached hydrogens (tertiary/aromatic N) is 2. The van der Waals surface area contributed by atoms with E-state index in [0.29, 0.717) is 5.70 Å². The van der Waals surface area contributed by atoms with Crippen molar-refractivity contribution >= 4 is 38.7 Å². The molecule has 0 unspecified atom stereocenters. The van der Waals surface area contributed by atoms with Crippen molar-refractivity contribution in [2.75, 3.05) is 17.2 Å². The number of para-hydroxylation sites is 2. The summed E-state index contributed by atoms with van der Waals surface area (Å²) < 4.78 is 6.67. The van der Waals surface area contributed by atoms with Gasteiger partial charge in [-0.05, 0) is 42.6 Å². The number of benzene rings is 1. The lowest BCUT2D eigenvalue weighted by atomic mass is 10.3. The zero-order valence-corrected chi connectivity index (χ0v) is 14.0. The number of hydrogen-bond donors (Lipinski definition) is 0. The third-order valence-corrected chi connectivity index (χ3v) is 5.10. The van der Waals surface area contributed by atoms with Crippen molar-refractivity contribution in [3.05, 3.63) is 48.0 Å². The number of anilines is 1. The van der Waals surface area contributed by atoms with Crippen LogP contribution in [0.3, 0.4) is 0 Å². The van der Waals surface area contributed by atoms with Crippen LogP contribution in [-0.4, -0.2) is 21.8 Å². The summed E-state index contributed by atoms with van der Waals surface area (Å²) in [6.07, 6.45) is 3.56. The molecule has 0 saturated carbocycles. The lowest BCUT2D eigenvalue weighted by molar-refractivity contribution is -0.107. The highest BCUT2D eigenvalue weighted by Gasteiger charge is 2.25. The third kappa shape index (κ3) is 2.94. The van der Waals surface area contributed by atoms with Crippen LogP contribution in [0.1, 0.15) is 13.8 Å². The number of thioether (sulfide) groups is 2. The Morgan fingerprint density at radius 1 is 1.32 bits per heavy atom. The van der Waals surface area contributed by atoms with Gasteiger partial charge in [0.05, 0.1) is 5.69 Å². The van der Waals surface area contributed by atoms with Crippen molar-refractivity contribution in [2.24, 2.45) is 4.99 Å². The molecule has 0 fully saturated rings. The summed E-state index contributed by atoms with van der Waals surface area (Å²) in [6.45, 7) is 4.91. The standard InChI is InChI=1S/C16H16N2O2S2/c1-3-18-12-7-5-6-8-13(12)20-14(18)10-9-11-15(19)22-16(17-11)21-4-2/h5-10H,3-4H2,1-2H3/b11-9+,14-10+. The Balaban J connectivity index is 1.85. The maximum Gasteiger partial charge on any atom is 0.244 e. The summed E-state index contributed by atoms with van der Waals surface area (Å²) >= 11 is 2.78. The number of hydrogen-bond acceptors (Lipinski definition) is 6. The van der Waals surface area contributed by atoms with Gasteiger partial charge in [-0.1, -0.05) is 30.8 Å². The lowest BCUT2D eigenvalue weighted by Gasteiger charge is -2.14. The molecular weight excluding hydrogens is 316 g/mol. The molecule has 22 heavy (non-hydrogen) atoms. The van der Waals surface area contributed by atoms with Crippen LogP contribution in [0, 0.1) is 0 Å². The zero-order chi connectivity index (χ0) is 15.5. The molecule has 114 valence electrons. The molecule has 0 atom stereocenters. The Hall–Kier alpha value is -1.66. The van der Waals surface area contributed by atoms with E-state index in [0.717, 1.165) is 34.0 Å². The van der Waals surface area contributed by atoms with Crippen LogP contribution in [0.5, 0.6) is 5.75 Å². The van der Waals surface area contributed by atoms with Gasteiger partial charge in [0.25, 0.3) is 0 Å². The van der Waals surface area contributed by atoms with E-state index in [1.807, 2.05) is 37.3 Å². The van der Waals surface area contributed by atoms with E-state index in [2.05, 4.69) is 16.8 Å². The number of fused-ring (bicyclic) bond motifs is 1. The second kappa shape index (κ2) is 6.62. The first-order valence-corrected chi connectivity index (χ1v) is 8.93. The second-order valence-electron chi connectivity index (χ2n) is 4.57. The van der Waals surface area contributed by atoms with E-state index in [1.165, 1.54) is 11.8 Å². The van der Waals surface area contributed by atoms with Crippen LogP contribution in [-0.2, 0) is 4.79 Å². The van der Waals surface area contributed by atoms with E-state index in [-0.39, 0.29) is 5.12 Å².